The van der Waals surface area contributed by atoms with Crippen molar-refractivity contribution in [2.75, 3.05) is 11.9 Å². The standard InChI is InChI=1S/C16H18ClNO3S/c1-3-21-13-5-4-12(8-11(13)9-19)18-16(20)10(2)14-6-7-15(17)22-14/h4-8,10,19H,3,9H2,1-2H3,(H,18,20). The molecule has 4 nitrogen and oxygen atoms in total. The molecule has 118 valence electrons. The topological polar surface area (TPSA) is 58.6 Å². The van der Waals surface area contributed by atoms with Crippen molar-refractivity contribution in [1.82, 2.24) is 0 Å². The van der Waals surface area contributed by atoms with Crippen LogP contribution in [0.1, 0.15) is 30.2 Å². The van der Waals surface area contributed by atoms with Crippen LogP contribution in [0.25, 0.3) is 0 Å². The lowest BCUT2D eigenvalue weighted by Crippen LogP contribution is -2.18. The summed E-state index contributed by atoms with van der Waals surface area (Å²) in [6.07, 6.45) is 0. The summed E-state index contributed by atoms with van der Waals surface area (Å²) in [5.74, 6) is 0.217. The molecule has 6 heteroatoms. The minimum absolute atomic E-state index is 0.119. The van der Waals surface area contributed by atoms with E-state index in [-0.39, 0.29) is 18.4 Å². The van der Waals surface area contributed by atoms with Gasteiger partial charge < -0.3 is 15.2 Å². The van der Waals surface area contributed by atoms with Crippen molar-refractivity contribution in [3.05, 3.63) is 45.1 Å². The lowest BCUT2D eigenvalue weighted by atomic mass is 10.1. The number of carbonyl (C=O) groups is 1. The molecule has 0 fully saturated rings. The number of anilines is 1. The van der Waals surface area contributed by atoms with Gasteiger partial charge in [-0.05, 0) is 44.2 Å². The molecule has 2 N–H and O–H groups in total. The Morgan fingerprint density at radius 2 is 2.18 bits per heavy atom. The fraction of sp³-hybridized carbons (Fsp3) is 0.312. The monoisotopic (exact) mass is 339 g/mol. The van der Waals surface area contributed by atoms with E-state index in [1.165, 1.54) is 11.3 Å². The highest BCUT2D eigenvalue weighted by Crippen LogP contribution is 2.29. The number of hydrogen-bond donors (Lipinski definition) is 2. The summed E-state index contributed by atoms with van der Waals surface area (Å²) < 4.78 is 6.09. The van der Waals surface area contributed by atoms with Crippen LogP contribution in [0.5, 0.6) is 5.75 Å². The van der Waals surface area contributed by atoms with Crippen LogP contribution < -0.4 is 10.1 Å². The molecule has 1 heterocycles. The molecule has 0 aliphatic carbocycles. The molecule has 0 bridgehead atoms. The maximum Gasteiger partial charge on any atom is 0.232 e. The van der Waals surface area contributed by atoms with Gasteiger partial charge in [-0.2, -0.15) is 0 Å². The van der Waals surface area contributed by atoms with Gasteiger partial charge in [-0.15, -0.1) is 11.3 Å². The second-order valence-corrected chi connectivity index (χ2v) is 6.51. The summed E-state index contributed by atoms with van der Waals surface area (Å²) in [4.78, 5) is 13.2. The van der Waals surface area contributed by atoms with Crippen LogP contribution in [0.3, 0.4) is 0 Å². The molecule has 0 saturated carbocycles. The number of amides is 1. The number of ether oxygens (including phenoxy) is 1. The van der Waals surface area contributed by atoms with Crippen LogP contribution in [0.2, 0.25) is 4.34 Å². The normalized spacial score (nSPS) is 12.0. The Morgan fingerprint density at radius 3 is 2.77 bits per heavy atom. The number of carbonyl (C=O) groups excluding carboxylic acids is 1. The third kappa shape index (κ3) is 4.00. The van der Waals surface area contributed by atoms with Crippen molar-refractivity contribution in [2.45, 2.75) is 26.4 Å². The molecule has 1 amide bonds. The van der Waals surface area contributed by atoms with Gasteiger partial charge in [-0.25, -0.2) is 0 Å². The van der Waals surface area contributed by atoms with Crippen LogP contribution in [0, 0.1) is 0 Å². The second-order valence-electron chi connectivity index (χ2n) is 4.77. The van der Waals surface area contributed by atoms with Gasteiger partial charge in [-0.1, -0.05) is 11.6 Å². The average molecular weight is 340 g/mol. The first-order valence-corrected chi connectivity index (χ1v) is 8.17. The van der Waals surface area contributed by atoms with E-state index in [1.807, 2.05) is 19.9 Å². The van der Waals surface area contributed by atoms with E-state index in [0.29, 0.717) is 27.9 Å². The van der Waals surface area contributed by atoms with Crippen molar-refractivity contribution in [3.8, 4) is 5.75 Å². The van der Waals surface area contributed by atoms with E-state index in [9.17, 15) is 9.90 Å². The summed E-state index contributed by atoms with van der Waals surface area (Å²) in [6, 6.07) is 8.87. The Bertz CT molecular complexity index is 657. The third-order valence-corrected chi connectivity index (χ3v) is 4.63. The van der Waals surface area contributed by atoms with Crippen LogP contribution in [-0.4, -0.2) is 17.6 Å². The van der Waals surface area contributed by atoms with E-state index in [1.54, 1.807) is 24.3 Å². The first kappa shape index (κ1) is 16.8. The van der Waals surface area contributed by atoms with E-state index >= 15 is 0 Å². The van der Waals surface area contributed by atoms with Crippen molar-refractivity contribution >= 4 is 34.5 Å². The van der Waals surface area contributed by atoms with Crippen LogP contribution >= 0.6 is 22.9 Å². The molecule has 1 aromatic heterocycles. The van der Waals surface area contributed by atoms with E-state index < -0.39 is 0 Å². The highest BCUT2D eigenvalue weighted by molar-refractivity contribution is 7.16. The number of halogens is 1. The molecule has 2 rings (SSSR count). The highest BCUT2D eigenvalue weighted by atomic mass is 35.5. The molecule has 1 aromatic carbocycles. The molecule has 1 unspecified atom stereocenters. The van der Waals surface area contributed by atoms with Gasteiger partial charge in [0, 0.05) is 16.1 Å². The minimum Gasteiger partial charge on any atom is -0.494 e. The highest BCUT2D eigenvalue weighted by Gasteiger charge is 2.17. The number of nitrogens with one attached hydrogen (secondary N) is 1. The van der Waals surface area contributed by atoms with Crippen molar-refractivity contribution in [1.29, 1.82) is 0 Å². The maximum atomic E-state index is 12.3. The predicted octanol–water partition coefficient (Wildman–Crippen LogP) is 4.03. The average Bonchev–Trinajstić information content (AvgIpc) is 2.94. The second kappa shape index (κ2) is 7.63. The van der Waals surface area contributed by atoms with Gasteiger partial charge in [0.15, 0.2) is 0 Å². The number of rotatable bonds is 6. The fourth-order valence-electron chi connectivity index (χ4n) is 2.02. The first-order chi connectivity index (χ1) is 10.5. The molecular weight excluding hydrogens is 322 g/mol. The van der Waals surface area contributed by atoms with Crippen LogP contribution in [0.15, 0.2) is 30.3 Å². The summed E-state index contributed by atoms with van der Waals surface area (Å²) in [5, 5.41) is 12.2. The molecule has 1 atom stereocenters. The number of aliphatic hydroxyl groups excluding tert-OH is 1. The lowest BCUT2D eigenvalue weighted by Gasteiger charge is -2.13. The number of benzene rings is 1. The predicted molar refractivity (Wildman–Crippen MR) is 89.9 cm³/mol. The molecule has 22 heavy (non-hydrogen) atoms. The van der Waals surface area contributed by atoms with Gasteiger partial charge in [0.25, 0.3) is 0 Å². The van der Waals surface area contributed by atoms with Gasteiger partial charge in [-0.3, -0.25) is 4.79 Å². The summed E-state index contributed by atoms with van der Waals surface area (Å²) >= 11 is 7.30. The van der Waals surface area contributed by atoms with Crippen molar-refractivity contribution in [2.24, 2.45) is 0 Å². The van der Waals surface area contributed by atoms with Gasteiger partial charge >= 0.3 is 0 Å². The number of aliphatic hydroxyl groups is 1. The molecule has 2 aromatic rings. The Labute approximate surface area is 138 Å². The third-order valence-electron chi connectivity index (χ3n) is 3.21. The van der Waals surface area contributed by atoms with Crippen LogP contribution in [0.4, 0.5) is 5.69 Å². The van der Waals surface area contributed by atoms with Crippen molar-refractivity contribution in [3.63, 3.8) is 0 Å². The molecule has 0 spiro atoms. The van der Waals surface area contributed by atoms with Gasteiger partial charge in [0.05, 0.1) is 23.5 Å². The number of hydrogen-bond acceptors (Lipinski definition) is 4. The van der Waals surface area contributed by atoms with Crippen molar-refractivity contribution < 1.29 is 14.6 Å². The largest absolute Gasteiger partial charge is 0.494 e. The maximum absolute atomic E-state index is 12.3. The SMILES string of the molecule is CCOc1ccc(NC(=O)C(C)c2ccc(Cl)s2)cc1CO. The molecule has 0 saturated heterocycles. The Hall–Kier alpha value is -1.56. The lowest BCUT2D eigenvalue weighted by molar-refractivity contribution is -0.117. The first-order valence-electron chi connectivity index (χ1n) is 6.97. The zero-order valence-electron chi connectivity index (χ0n) is 12.4. The van der Waals surface area contributed by atoms with Crippen LogP contribution in [-0.2, 0) is 11.4 Å². The molecular formula is C16H18ClNO3S. The smallest absolute Gasteiger partial charge is 0.232 e. The Balaban J connectivity index is 2.11. The van der Waals surface area contributed by atoms with E-state index in [2.05, 4.69) is 5.32 Å². The van der Waals surface area contributed by atoms with E-state index in [0.717, 1.165) is 4.88 Å². The summed E-state index contributed by atoms with van der Waals surface area (Å²) in [6.45, 7) is 4.09. The summed E-state index contributed by atoms with van der Waals surface area (Å²) in [5.41, 5.74) is 1.28. The molecule has 0 aliphatic rings. The zero-order valence-corrected chi connectivity index (χ0v) is 14.0. The minimum atomic E-state index is -0.290. The van der Waals surface area contributed by atoms with E-state index in [4.69, 9.17) is 16.3 Å². The summed E-state index contributed by atoms with van der Waals surface area (Å²) in [7, 11) is 0. The van der Waals surface area contributed by atoms with Gasteiger partial charge in [0.1, 0.15) is 5.75 Å². The fourth-order valence-corrected chi connectivity index (χ4v) is 3.13. The quantitative estimate of drug-likeness (QED) is 0.835. The molecule has 0 aliphatic heterocycles. The zero-order chi connectivity index (χ0) is 16.1. The van der Waals surface area contributed by atoms with Gasteiger partial charge in [0.2, 0.25) is 5.91 Å². The number of thiophene rings is 1. The Kier molecular flexibility index (Phi) is 5.83. The Morgan fingerprint density at radius 1 is 1.41 bits per heavy atom. The molecule has 0 radical (unpaired) electrons.